The number of halogens is 3. The Morgan fingerprint density at radius 1 is 1.06 bits per heavy atom. The number of pyridine rings is 1. The number of hydrogen-bond donors (Lipinski definition) is 2. The minimum absolute atomic E-state index is 0.311. The van der Waals surface area contributed by atoms with Crippen LogP contribution >= 0.6 is 0 Å². The number of fused-ring (bicyclic) bond motifs is 1. The Hall–Kier alpha value is -3.88. The summed E-state index contributed by atoms with van der Waals surface area (Å²) in [5.41, 5.74) is 0.613. The monoisotopic (exact) mass is 426 g/mol. The quantitative estimate of drug-likeness (QED) is 0.462. The highest BCUT2D eigenvalue weighted by Crippen LogP contribution is 2.31. The van der Waals surface area contributed by atoms with Gasteiger partial charge < -0.3 is 10.1 Å². The van der Waals surface area contributed by atoms with Gasteiger partial charge in [-0.15, -0.1) is 0 Å². The third-order valence-corrected chi connectivity index (χ3v) is 4.55. The van der Waals surface area contributed by atoms with E-state index in [0.717, 1.165) is 17.7 Å². The molecule has 0 unspecified atom stereocenters. The Balaban J connectivity index is 1.56. The van der Waals surface area contributed by atoms with Crippen LogP contribution in [0.25, 0.3) is 10.9 Å². The fourth-order valence-corrected chi connectivity index (χ4v) is 3.02. The zero-order valence-electron chi connectivity index (χ0n) is 16.1. The molecular formula is C22H17F3N4O2. The van der Waals surface area contributed by atoms with Gasteiger partial charge in [-0.3, -0.25) is 9.89 Å². The minimum Gasteiger partial charge on any atom is -0.491 e. The summed E-state index contributed by atoms with van der Waals surface area (Å²) in [6.07, 6.45) is -2.43. The molecule has 2 aromatic heterocycles. The van der Waals surface area contributed by atoms with Gasteiger partial charge in [-0.05, 0) is 23.8 Å². The van der Waals surface area contributed by atoms with Gasteiger partial charge in [0.05, 0.1) is 24.0 Å². The van der Waals surface area contributed by atoms with Crippen molar-refractivity contribution in [1.82, 2.24) is 15.2 Å². The van der Waals surface area contributed by atoms with Gasteiger partial charge in [-0.25, -0.2) is 4.98 Å². The Labute approximate surface area is 175 Å². The Bertz CT molecular complexity index is 1210. The molecule has 31 heavy (non-hydrogen) atoms. The standard InChI is InChI=1S/C22H17F3N4O2/c23-22(24,25)20-8-4-7-16(27-20)21(30)28-18-11-15-13-26-29-17(15)12-19(18)31-10-9-14-5-2-1-3-6-14/h1-8,11-13H,9-10H2,(H,26,29)(H,28,30). The molecule has 0 radical (unpaired) electrons. The van der Waals surface area contributed by atoms with Crippen LogP contribution in [-0.2, 0) is 12.6 Å². The molecule has 0 atom stereocenters. The second-order valence-electron chi connectivity index (χ2n) is 6.75. The molecule has 0 fully saturated rings. The maximum atomic E-state index is 12.9. The lowest BCUT2D eigenvalue weighted by Gasteiger charge is -2.13. The van der Waals surface area contributed by atoms with E-state index < -0.39 is 17.8 Å². The van der Waals surface area contributed by atoms with Gasteiger partial charge in [-0.1, -0.05) is 36.4 Å². The number of alkyl halides is 3. The van der Waals surface area contributed by atoms with Crippen LogP contribution in [0.5, 0.6) is 5.75 Å². The molecule has 0 bridgehead atoms. The van der Waals surface area contributed by atoms with Gasteiger partial charge in [-0.2, -0.15) is 18.3 Å². The lowest BCUT2D eigenvalue weighted by atomic mass is 10.1. The first-order valence-corrected chi connectivity index (χ1v) is 9.39. The molecular weight excluding hydrogens is 409 g/mol. The number of carbonyl (C=O) groups is 1. The number of hydrogen-bond acceptors (Lipinski definition) is 4. The van der Waals surface area contributed by atoms with Crippen molar-refractivity contribution in [2.75, 3.05) is 11.9 Å². The smallest absolute Gasteiger partial charge is 0.433 e. The predicted octanol–water partition coefficient (Wildman–Crippen LogP) is 4.85. The summed E-state index contributed by atoms with van der Waals surface area (Å²) in [4.78, 5) is 16.0. The van der Waals surface area contributed by atoms with E-state index in [9.17, 15) is 18.0 Å². The van der Waals surface area contributed by atoms with Crippen molar-refractivity contribution in [3.8, 4) is 5.75 Å². The second kappa shape index (κ2) is 8.47. The number of nitrogens with zero attached hydrogens (tertiary/aromatic N) is 2. The van der Waals surface area contributed by atoms with Crippen molar-refractivity contribution in [2.24, 2.45) is 0 Å². The van der Waals surface area contributed by atoms with E-state index in [0.29, 0.717) is 35.4 Å². The SMILES string of the molecule is O=C(Nc1cc2cn[nH]c2cc1OCCc1ccccc1)c1cccc(C(F)(F)F)n1. The Morgan fingerprint density at radius 2 is 1.87 bits per heavy atom. The summed E-state index contributed by atoms with van der Waals surface area (Å²) in [6.45, 7) is 0.342. The Kier molecular flexibility index (Phi) is 5.57. The van der Waals surface area contributed by atoms with Crippen molar-refractivity contribution in [3.63, 3.8) is 0 Å². The highest BCUT2D eigenvalue weighted by molar-refractivity contribution is 6.05. The maximum Gasteiger partial charge on any atom is 0.433 e. The highest BCUT2D eigenvalue weighted by atomic mass is 19.4. The van der Waals surface area contributed by atoms with Crippen molar-refractivity contribution < 1.29 is 22.7 Å². The molecule has 2 aromatic carbocycles. The largest absolute Gasteiger partial charge is 0.491 e. The van der Waals surface area contributed by atoms with Crippen molar-refractivity contribution in [3.05, 3.63) is 83.8 Å². The van der Waals surface area contributed by atoms with Gasteiger partial charge in [0.25, 0.3) is 5.91 Å². The minimum atomic E-state index is -4.64. The topological polar surface area (TPSA) is 79.9 Å². The second-order valence-corrected chi connectivity index (χ2v) is 6.75. The number of aromatic nitrogens is 3. The number of nitrogens with one attached hydrogen (secondary N) is 2. The van der Waals surface area contributed by atoms with E-state index in [1.807, 2.05) is 30.3 Å². The lowest BCUT2D eigenvalue weighted by molar-refractivity contribution is -0.141. The van der Waals surface area contributed by atoms with E-state index >= 15 is 0 Å². The number of anilines is 1. The molecule has 2 N–H and O–H groups in total. The van der Waals surface area contributed by atoms with Crippen LogP contribution in [0.4, 0.5) is 18.9 Å². The maximum absolute atomic E-state index is 12.9. The molecule has 9 heteroatoms. The first-order valence-electron chi connectivity index (χ1n) is 9.39. The first-order chi connectivity index (χ1) is 14.9. The van der Waals surface area contributed by atoms with E-state index in [4.69, 9.17) is 4.74 Å². The number of ether oxygens (including phenoxy) is 1. The van der Waals surface area contributed by atoms with Crippen molar-refractivity contribution in [2.45, 2.75) is 12.6 Å². The normalized spacial score (nSPS) is 11.5. The summed E-state index contributed by atoms with van der Waals surface area (Å²) in [7, 11) is 0. The number of amides is 1. The summed E-state index contributed by atoms with van der Waals surface area (Å²) >= 11 is 0. The van der Waals surface area contributed by atoms with Gasteiger partial charge >= 0.3 is 6.18 Å². The molecule has 1 amide bonds. The Morgan fingerprint density at radius 3 is 2.65 bits per heavy atom. The molecule has 4 aromatic rings. The van der Waals surface area contributed by atoms with E-state index in [1.165, 1.54) is 6.07 Å². The molecule has 0 saturated carbocycles. The molecule has 0 aliphatic rings. The third-order valence-electron chi connectivity index (χ3n) is 4.55. The molecule has 158 valence electrons. The third kappa shape index (κ3) is 4.82. The average molecular weight is 426 g/mol. The zero-order chi connectivity index (χ0) is 21.8. The van der Waals surface area contributed by atoms with E-state index in [1.54, 1.807) is 18.3 Å². The van der Waals surface area contributed by atoms with E-state index in [-0.39, 0.29) is 5.69 Å². The fourth-order valence-electron chi connectivity index (χ4n) is 3.02. The number of aromatic amines is 1. The predicted molar refractivity (Wildman–Crippen MR) is 109 cm³/mol. The molecule has 0 aliphatic heterocycles. The first kappa shape index (κ1) is 20.4. The molecule has 0 saturated heterocycles. The molecule has 0 aliphatic carbocycles. The number of H-pyrrole nitrogens is 1. The van der Waals surface area contributed by atoms with Gasteiger partial charge in [0, 0.05) is 17.9 Å². The number of carbonyl (C=O) groups excluding carboxylic acids is 1. The highest BCUT2D eigenvalue weighted by Gasteiger charge is 2.33. The van der Waals surface area contributed by atoms with Crippen LogP contribution in [0.2, 0.25) is 0 Å². The zero-order valence-corrected chi connectivity index (χ0v) is 16.1. The number of benzene rings is 2. The van der Waals surface area contributed by atoms with E-state index in [2.05, 4.69) is 20.5 Å². The van der Waals surface area contributed by atoms with Crippen LogP contribution in [0.1, 0.15) is 21.7 Å². The molecule has 6 nitrogen and oxygen atoms in total. The van der Waals surface area contributed by atoms with Crippen LogP contribution in [0, 0.1) is 0 Å². The van der Waals surface area contributed by atoms with Crippen molar-refractivity contribution in [1.29, 1.82) is 0 Å². The van der Waals surface area contributed by atoms with Gasteiger partial charge in [0.15, 0.2) is 0 Å². The molecule has 0 spiro atoms. The summed E-state index contributed by atoms with van der Waals surface area (Å²) in [5.74, 6) is -0.408. The molecule has 4 rings (SSSR count). The average Bonchev–Trinajstić information content (AvgIpc) is 3.21. The van der Waals surface area contributed by atoms with Crippen LogP contribution in [0.15, 0.2) is 66.9 Å². The van der Waals surface area contributed by atoms with Crippen molar-refractivity contribution >= 4 is 22.5 Å². The molecule has 2 heterocycles. The van der Waals surface area contributed by atoms with Gasteiger partial charge in [0.2, 0.25) is 0 Å². The fraction of sp³-hybridized carbons (Fsp3) is 0.136. The van der Waals surface area contributed by atoms with Crippen LogP contribution in [-0.4, -0.2) is 27.7 Å². The van der Waals surface area contributed by atoms with Crippen LogP contribution in [0.3, 0.4) is 0 Å². The number of rotatable bonds is 6. The summed E-state index contributed by atoms with van der Waals surface area (Å²) in [6, 6.07) is 16.2. The van der Waals surface area contributed by atoms with Crippen LogP contribution < -0.4 is 10.1 Å². The van der Waals surface area contributed by atoms with Gasteiger partial charge in [0.1, 0.15) is 17.1 Å². The summed E-state index contributed by atoms with van der Waals surface area (Å²) < 4.78 is 44.6. The summed E-state index contributed by atoms with van der Waals surface area (Å²) in [5, 5.41) is 10.1. The lowest BCUT2D eigenvalue weighted by Crippen LogP contribution is -2.17.